The van der Waals surface area contributed by atoms with Gasteiger partial charge in [-0.3, -0.25) is 0 Å². The zero-order chi connectivity index (χ0) is 12.4. The lowest BCUT2D eigenvalue weighted by Gasteiger charge is -2.06. The molecule has 17 heavy (non-hydrogen) atoms. The second-order valence-corrected chi connectivity index (χ2v) is 4.59. The molecule has 2 aromatic rings. The van der Waals surface area contributed by atoms with Gasteiger partial charge in [-0.25, -0.2) is 9.78 Å². The largest absolute Gasteiger partial charge is 0.496 e. The lowest BCUT2D eigenvalue weighted by atomic mass is 10.2. The highest BCUT2D eigenvalue weighted by Crippen LogP contribution is 2.38. The van der Waals surface area contributed by atoms with Crippen LogP contribution in [-0.4, -0.2) is 23.2 Å². The molecule has 0 aliphatic rings. The molecule has 0 radical (unpaired) electrons. The number of carboxylic acids is 1. The summed E-state index contributed by atoms with van der Waals surface area (Å²) in [6.07, 6.45) is 1.31. The number of ether oxygens (including phenoxy) is 1. The van der Waals surface area contributed by atoms with Crippen LogP contribution in [0.2, 0.25) is 5.02 Å². The zero-order valence-electron chi connectivity index (χ0n) is 8.81. The number of carboxylic acid groups (broad SMARTS) is 1. The van der Waals surface area contributed by atoms with Gasteiger partial charge in [0.15, 0.2) is 0 Å². The van der Waals surface area contributed by atoms with E-state index in [0.717, 1.165) is 11.3 Å². The molecule has 4 nitrogen and oxygen atoms in total. The third-order valence-electron chi connectivity index (χ3n) is 2.13. The van der Waals surface area contributed by atoms with Crippen LogP contribution in [0.15, 0.2) is 24.4 Å². The second kappa shape index (κ2) is 4.73. The van der Waals surface area contributed by atoms with Gasteiger partial charge in [0.1, 0.15) is 15.6 Å². The van der Waals surface area contributed by atoms with Crippen LogP contribution < -0.4 is 4.74 Å². The van der Waals surface area contributed by atoms with Crippen molar-refractivity contribution < 1.29 is 14.6 Å². The van der Waals surface area contributed by atoms with Crippen LogP contribution in [0.3, 0.4) is 0 Å². The van der Waals surface area contributed by atoms with Gasteiger partial charge >= 0.3 is 5.97 Å². The van der Waals surface area contributed by atoms with E-state index in [1.165, 1.54) is 13.3 Å². The van der Waals surface area contributed by atoms with Crippen molar-refractivity contribution in [3.8, 4) is 16.3 Å². The molecule has 1 aromatic carbocycles. The van der Waals surface area contributed by atoms with Crippen LogP contribution in [0.25, 0.3) is 10.6 Å². The maximum atomic E-state index is 10.8. The summed E-state index contributed by atoms with van der Waals surface area (Å²) in [6.45, 7) is 0. The van der Waals surface area contributed by atoms with Gasteiger partial charge in [0.05, 0.1) is 23.9 Å². The average molecular weight is 270 g/mol. The van der Waals surface area contributed by atoms with Gasteiger partial charge in [0, 0.05) is 0 Å². The van der Waals surface area contributed by atoms with Crippen molar-refractivity contribution in [3.05, 3.63) is 34.3 Å². The molecular weight excluding hydrogens is 262 g/mol. The molecule has 0 unspecified atom stereocenters. The number of rotatable bonds is 3. The minimum Gasteiger partial charge on any atom is -0.496 e. The molecule has 1 aromatic heterocycles. The highest BCUT2D eigenvalue weighted by Gasteiger charge is 2.16. The van der Waals surface area contributed by atoms with Crippen LogP contribution in [0.1, 0.15) is 9.67 Å². The van der Waals surface area contributed by atoms with E-state index < -0.39 is 5.97 Å². The molecule has 2 rings (SSSR count). The molecule has 0 fully saturated rings. The highest BCUT2D eigenvalue weighted by atomic mass is 35.5. The fourth-order valence-electron chi connectivity index (χ4n) is 1.37. The maximum absolute atomic E-state index is 10.8. The Balaban J connectivity index is 2.55. The van der Waals surface area contributed by atoms with E-state index >= 15 is 0 Å². The van der Waals surface area contributed by atoms with E-state index in [1.807, 2.05) is 0 Å². The first-order valence-electron chi connectivity index (χ1n) is 4.65. The summed E-state index contributed by atoms with van der Waals surface area (Å²) in [5.74, 6) is -0.427. The fourth-order valence-corrected chi connectivity index (χ4v) is 2.50. The molecule has 0 bridgehead atoms. The molecule has 0 atom stereocenters. The molecule has 0 amide bonds. The average Bonchev–Trinajstić information content (AvgIpc) is 2.77. The Kier molecular flexibility index (Phi) is 3.31. The first-order valence-corrected chi connectivity index (χ1v) is 5.85. The molecule has 0 spiro atoms. The number of aromatic carboxylic acids is 1. The van der Waals surface area contributed by atoms with E-state index in [1.54, 1.807) is 18.2 Å². The molecule has 0 saturated carbocycles. The number of benzene rings is 1. The Bertz CT molecular complexity index is 568. The van der Waals surface area contributed by atoms with Gasteiger partial charge in [0.25, 0.3) is 0 Å². The number of aromatic nitrogens is 1. The Morgan fingerprint density at radius 3 is 2.88 bits per heavy atom. The first-order chi connectivity index (χ1) is 8.13. The Hall–Kier alpha value is -1.59. The van der Waals surface area contributed by atoms with Crippen molar-refractivity contribution in [2.75, 3.05) is 7.11 Å². The molecular formula is C11H8ClNO3S. The van der Waals surface area contributed by atoms with E-state index in [-0.39, 0.29) is 4.88 Å². The summed E-state index contributed by atoms with van der Waals surface area (Å²) in [5, 5.41) is 9.86. The monoisotopic (exact) mass is 269 g/mol. The van der Waals surface area contributed by atoms with E-state index in [4.69, 9.17) is 21.4 Å². The summed E-state index contributed by atoms with van der Waals surface area (Å²) < 4.78 is 5.19. The zero-order valence-corrected chi connectivity index (χ0v) is 10.4. The second-order valence-electron chi connectivity index (χ2n) is 3.15. The SMILES string of the molecule is COc1cccc(Cl)c1-c1ncc(C(=O)O)s1. The van der Waals surface area contributed by atoms with Crippen molar-refractivity contribution in [2.45, 2.75) is 0 Å². The van der Waals surface area contributed by atoms with Crippen LogP contribution >= 0.6 is 22.9 Å². The molecule has 0 saturated heterocycles. The Morgan fingerprint density at radius 2 is 2.29 bits per heavy atom. The quantitative estimate of drug-likeness (QED) is 0.930. The number of nitrogens with zero attached hydrogens (tertiary/aromatic N) is 1. The molecule has 0 aliphatic heterocycles. The molecule has 88 valence electrons. The lowest BCUT2D eigenvalue weighted by Crippen LogP contribution is -1.89. The van der Waals surface area contributed by atoms with Crippen LogP contribution in [0.4, 0.5) is 0 Å². The van der Waals surface area contributed by atoms with Gasteiger partial charge in [-0.05, 0) is 12.1 Å². The third-order valence-corrected chi connectivity index (χ3v) is 3.44. The van der Waals surface area contributed by atoms with E-state index in [9.17, 15) is 4.79 Å². The van der Waals surface area contributed by atoms with Gasteiger partial charge in [-0.2, -0.15) is 0 Å². The number of thiazole rings is 1. The summed E-state index contributed by atoms with van der Waals surface area (Å²) in [7, 11) is 1.53. The maximum Gasteiger partial charge on any atom is 0.347 e. The highest BCUT2D eigenvalue weighted by molar-refractivity contribution is 7.16. The van der Waals surface area contributed by atoms with E-state index in [2.05, 4.69) is 4.98 Å². The smallest absolute Gasteiger partial charge is 0.347 e. The third kappa shape index (κ3) is 2.25. The predicted molar refractivity (Wildman–Crippen MR) is 66.1 cm³/mol. The summed E-state index contributed by atoms with van der Waals surface area (Å²) >= 11 is 7.13. The number of hydrogen-bond acceptors (Lipinski definition) is 4. The standard InChI is InChI=1S/C11H8ClNO3S/c1-16-7-4-2-3-6(12)9(7)10-13-5-8(17-10)11(14)15/h2-5H,1H3,(H,14,15). The van der Waals surface area contributed by atoms with Gasteiger partial charge in [0.2, 0.25) is 0 Å². The van der Waals surface area contributed by atoms with Crippen molar-refractivity contribution in [1.82, 2.24) is 4.98 Å². The number of methoxy groups -OCH3 is 1. The molecule has 0 aliphatic carbocycles. The van der Waals surface area contributed by atoms with E-state index in [0.29, 0.717) is 21.3 Å². The molecule has 1 N–H and O–H groups in total. The summed E-state index contributed by atoms with van der Waals surface area (Å²) in [6, 6.07) is 5.22. The fraction of sp³-hybridized carbons (Fsp3) is 0.0909. The van der Waals surface area contributed by atoms with Gasteiger partial charge in [-0.15, -0.1) is 11.3 Å². The van der Waals surface area contributed by atoms with Crippen molar-refractivity contribution in [2.24, 2.45) is 0 Å². The summed E-state index contributed by atoms with van der Waals surface area (Å²) in [5.41, 5.74) is 0.620. The minimum absolute atomic E-state index is 0.168. The number of hydrogen-bond donors (Lipinski definition) is 1. The summed E-state index contributed by atoms with van der Waals surface area (Å²) in [4.78, 5) is 15.0. The van der Waals surface area contributed by atoms with Crippen LogP contribution in [0.5, 0.6) is 5.75 Å². The number of carbonyl (C=O) groups is 1. The Labute approximate surface area is 106 Å². The molecule has 1 heterocycles. The van der Waals surface area contributed by atoms with Crippen molar-refractivity contribution >= 4 is 28.9 Å². The van der Waals surface area contributed by atoms with Crippen LogP contribution in [-0.2, 0) is 0 Å². The normalized spacial score (nSPS) is 10.2. The van der Waals surface area contributed by atoms with Crippen molar-refractivity contribution in [1.29, 1.82) is 0 Å². The van der Waals surface area contributed by atoms with Gasteiger partial charge in [-0.1, -0.05) is 17.7 Å². The lowest BCUT2D eigenvalue weighted by molar-refractivity contribution is 0.0702. The molecule has 6 heteroatoms. The topological polar surface area (TPSA) is 59.4 Å². The Morgan fingerprint density at radius 1 is 1.53 bits per heavy atom. The van der Waals surface area contributed by atoms with Gasteiger partial charge < -0.3 is 9.84 Å². The van der Waals surface area contributed by atoms with Crippen molar-refractivity contribution in [3.63, 3.8) is 0 Å². The van der Waals surface area contributed by atoms with Crippen LogP contribution in [0, 0.1) is 0 Å². The first kappa shape index (κ1) is 11.9. The number of halogens is 1. The minimum atomic E-state index is -1.00. The predicted octanol–water partition coefficient (Wildman–Crippen LogP) is 3.17.